The normalized spacial score (nSPS) is 11.6. The van der Waals surface area contributed by atoms with E-state index in [0.29, 0.717) is 6.54 Å². The molecule has 0 aliphatic rings. The Balaban J connectivity index is 0. The summed E-state index contributed by atoms with van der Waals surface area (Å²) in [6.45, 7) is 1.95. The standard InChI is InChI=1S/C7H15FN2O.BrH/c1-2-3-10-7(11)4-6(9)5-8;/h6H,2-5,9H2,1H3,(H,10,11);1H. The third-order valence-electron chi connectivity index (χ3n) is 1.22. The lowest BCUT2D eigenvalue weighted by atomic mass is 10.2. The van der Waals surface area contributed by atoms with E-state index in [1.807, 2.05) is 6.92 Å². The molecule has 0 saturated carbocycles. The number of carbonyl (C=O) groups is 1. The highest BCUT2D eigenvalue weighted by molar-refractivity contribution is 8.93. The first-order chi connectivity index (χ1) is 5.20. The third-order valence-corrected chi connectivity index (χ3v) is 1.22. The Kier molecular flexibility index (Phi) is 10.7. The van der Waals surface area contributed by atoms with Crippen LogP contribution in [-0.2, 0) is 4.79 Å². The largest absolute Gasteiger partial charge is 0.356 e. The van der Waals surface area contributed by atoms with Crippen LogP contribution in [0.25, 0.3) is 0 Å². The summed E-state index contributed by atoms with van der Waals surface area (Å²) in [7, 11) is 0. The first-order valence-electron chi connectivity index (χ1n) is 3.79. The van der Waals surface area contributed by atoms with E-state index in [1.165, 1.54) is 0 Å². The zero-order chi connectivity index (χ0) is 8.69. The molecule has 0 bridgehead atoms. The van der Waals surface area contributed by atoms with E-state index in [0.717, 1.165) is 6.42 Å². The smallest absolute Gasteiger partial charge is 0.221 e. The molecule has 0 aromatic rings. The van der Waals surface area contributed by atoms with Gasteiger partial charge in [0.2, 0.25) is 5.91 Å². The van der Waals surface area contributed by atoms with Gasteiger partial charge in [-0.2, -0.15) is 0 Å². The van der Waals surface area contributed by atoms with Gasteiger partial charge in [-0.3, -0.25) is 4.79 Å². The van der Waals surface area contributed by atoms with Crippen LogP contribution in [0.2, 0.25) is 0 Å². The molecule has 1 atom stereocenters. The molecule has 0 aromatic heterocycles. The van der Waals surface area contributed by atoms with Crippen LogP contribution in [0.1, 0.15) is 19.8 Å². The van der Waals surface area contributed by atoms with Crippen LogP contribution in [0.3, 0.4) is 0 Å². The maximum Gasteiger partial charge on any atom is 0.221 e. The van der Waals surface area contributed by atoms with Crippen LogP contribution < -0.4 is 11.1 Å². The number of halogens is 2. The summed E-state index contributed by atoms with van der Waals surface area (Å²) < 4.78 is 11.8. The molecule has 5 heteroatoms. The van der Waals surface area contributed by atoms with Gasteiger partial charge in [-0.1, -0.05) is 6.92 Å². The molecule has 3 nitrogen and oxygen atoms in total. The van der Waals surface area contributed by atoms with E-state index in [4.69, 9.17) is 5.73 Å². The zero-order valence-electron chi connectivity index (χ0n) is 7.18. The fourth-order valence-corrected chi connectivity index (χ4v) is 0.629. The Bertz CT molecular complexity index is 124. The summed E-state index contributed by atoms with van der Waals surface area (Å²) in [5.41, 5.74) is 5.21. The Morgan fingerprint density at radius 3 is 2.67 bits per heavy atom. The summed E-state index contributed by atoms with van der Waals surface area (Å²) in [6, 6.07) is -0.646. The van der Waals surface area contributed by atoms with Gasteiger partial charge in [0.15, 0.2) is 0 Å². The van der Waals surface area contributed by atoms with Gasteiger partial charge in [-0.05, 0) is 6.42 Å². The molecule has 74 valence electrons. The molecular formula is C7H16BrFN2O. The van der Waals surface area contributed by atoms with Crippen molar-refractivity contribution in [3.63, 3.8) is 0 Å². The van der Waals surface area contributed by atoms with Crippen molar-refractivity contribution in [2.75, 3.05) is 13.2 Å². The number of alkyl halides is 1. The molecular weight excluding hydrogens is 227 g/mol. The van der Waals surface area contributed by atoms with Crippen molar-refractivity contribution in [3.8, 4) is 0 Å². The van der Waals surface area contributed by atoms with Crippen molar-refractivity contribution >= 4 is 22.9 Å². The molecule has 0 saturated heterocycles. The Hall–Kier alpha value is -0.160. The second-order valence-electron chi connectivity index (χ2n) is 2.47. The summed E-state index contributed by atoms with van der Waals surface area (Å²) in [4.78, 5) is 10.8. The van der Waals surface area contributed by atoms with Crippen LogP contribution in [-0.4, -0.2) is 25.2 Å². The Morgan fingerprint density at radius 1 is 1.67 bits per heavy atom. The molecule has 3 N–H and O–H groups in total. The lowest BCUT2D eigenvalue weighted by Gasteiger charge is -2.06. The zero-order valence-corrected chi connectivity index (χ0v) is 8.89. The summed E-state index contributed by atoms with van der Waals surface area (Å²) >= 11 is 0. The lowest BCUT2D eigenvalue weighted by Crippen LogP contribution is -2.33. The lowest BCUT2D eigenvalue weighted by molar-refractivity contribution is -0.121. The molecule has 1 unspecified atom stereocenters. The Morgan fingerprint density at radius 2 is 2.25 bits per heavy atom. The number of amides is 1. The molecule has 1 amide bonds. The van der Waals surface area contributed by atoms with Gasteiger partial charge in [-0.15, -0.1) is 17.0 Å². The van der Waals surface area contributed by atoms with Gasteiger partial charge in [-0.25, -0.2) is 4.39 Å². The van der Waals surface area contributed by atoms with Crippen molar-refractivity contribution < 1.29 is 9.18 Å². The van der Waals surface area contributed by atoms with Crippen LogP contribution in [0, 0.1) is 0 Å². The minimum atomic E-state index is -0.646. The number of hydrogen-bond acceptors (Lipinski definition) is 2. The molecule has 0 aliphatic carbocycles. The first kappa shape index (κ1) is 14.4. The molecule has 0 aliphatic heterocycles. The average Bonchev–Trinajstić information content (AvgIpc) is 2.00. The summed E-state index contributed by atoms with van der Waals surface area (Å²) in [5, 5.41) is 2.61. The third kappa shape index (κ3) is 7.94. The highest BCUT2D eigenvalue weighted by Crippen LogP contribution is 1.88. The second-order valence-corrected chi connectivity index (χ2v) is 2.47. The molecule has 0 spiro atoms. The van der Waals surface area contributed by atoms with E-state index in [9.17, 15) is 9.18 Å². The number of hydrogen-bond donors (Lipinski definition) is 2. The summed E-state index contributed by atoms with van der Waals surface area (Å²) in [5.74, 6) is -0.169. The molecule has 0 aromatic carbocycles. The highest BCUT2D eigenvalue weighted by atomic mass is 79.9. The maximum atomic E-state index is 11.8. The fraction of sp³-hybridized carbons (Fsp3) is 0.857. The summed E-state index contributed by atoms with van der Waals surface area (Å²) in [6.07, 6.45) is 0.965. The number of nitrogens with two attached hydrogens (primary N) is 1. The van der Waals surface area contributed by atoms with Crippen molar-refractivity contribution in [3.05, 3.63) is 0 Å². The molecule has 12 heavy (non-hydrogen) atoms. The first-order valence-corrected chi connectivity index (χ1v) is 3.79. The average molecular weight is 243 g/mol. The minimum Gasteiger partial charge on any atom is -0.356 e. The van der Waals surface area contributed by atoms with Crippen molar-refractivity contribution in [2.24, 2.45) is 5.73 Å². The van der Waals surface area contributed by atoms with Gasteiger partial charge in [0.25, 0.3) is 0 Å². The molecule has 0 rings (SSSR count). The predicted molar refractivity (Wildman–Crippen MR) is 52.2 cm³/mol. The van der Waals surface area contributed by atoms with E-state index < -0.39 is 12.7 Å². The number of rotatable bonds is 5. The molecule has 0 fully saturated rings. The van der Waals surface area contributed by atoms with Gasteiger partial charge in [0, 0.05) is 19.0 Å². The Labute approximate surface area is 82.7 Å². The van der Waals surface area contributed by atoms with Crippen molar-refractivity contribution in [2.45, 2.75) is 25.8 Å². The van der Waals surface area contributed by atoms with E-state index in [-0.39, 0.29) is 29.3 Å². The SMILES string of the molecule is Br.CCCNC(=O)CC(N)CF. The van der Waals surface area contributed by atoms with Crippen molar-refractivity contribution in [1.82, 2.24) is 5.32 Å². The van der Waals surface area contributed by atoms with Gasteiger partial charge >= 0.3 is 0 Å². The van der Waals surface area contributed by atoms with Gasteiger partial charge < -0.3 is 11.1 Å². The van der Waals surface area contributed by atoms with E-state index >= 15 is 0 Å². The molecule has 0 heterocycles. The predicted octanol–water partition coefficient (Wildman–Crippen LogP) is 0.777. The van der Waals surface area contributed by atoms with Crippen LogP contribution in [0.5, 0.6) is 0 Å². The van der Waals surface area contributed by atoms with Crippen LogP contribution >= 0.6 is 17.0 Å². The fourth-order valence-electron chi connectivity index (χ4n) is 0.629. The maximum absolute atomic E-state index is 11.8. The van der Waals surface area contributed by atoms with Crippen LogP contribution in [0.15, 0.2) is 0 Å². The van der Waals surface area contributed by atoms with Gasteiger partial charge in [0.05, 0.1) is 0 Å². The van der Waals surface area contributed by atoms with Crippen LogP contribution in [0.4, 0.5) is 4.39 Å². The van der Waals surface area contributed by atoms with Gasteiger partial charge in [0.1, 0.15) is 6.67 Å². The quantitative estimate of drug-likeness (QED) is 0.749. The molecule has 0 radical (unpaired) electrons. The monoisotopic (exact) mass is 242 g/mol. The number of carbonyl (C=O) groups excluding carboxylic acids is 1. The minimum absolute atomic E-state index is 0. The van der Waals surface area contributed by atoms with E-state index in [2.05, 4.69) is 5.32 Å². The van der Waals surface area contributed by atoms with E-state index in [1.54, 1.807) is 0 Å². The highest BCUT2D eigenvalue weighted by Gasteiger charge is 2.07. The topological polar surface area (TPSA) is 55.1 Å². The second kappa shape index (κ2) is 8.93. The number of nitrogens with one attached hydrogen (secondary N) is 1. The van der Waals surface area contributed by atoms with Crippen molar-refractivity contribution in [1.29, 1.82) is 0 Å².